The summed E-state index contributed by atoms with van der Waals surface area (Å²) in [4.78, 5) is 16.3. The van der Waals surface area contributed by atoms with E-state index in [9.17, 15) is 4.79 Å². The highest BCUT2D eigenvalue weighted by Crippen LogP contribution is 2.27. The van der Waals surface area contributed by atoms with Gasteiger partial charge in [-0.3, -0.25) is 0 Å². The van der Waals surface area contributed by atoms with Crippen molar-refractivity contribution in [2.45, 2.75) is 50.3 Å². The number of nitrogens with zero attached hydrogens (tertiary/aromatic N) is 2. The number of ether oxygens (including phenoxy) is 1. The van der Waals surface area contributed by atoms with Crippen LogP contribution in [0.1, 0.15) is 43.9 Å². The van der Waals surface area contributed by atoms with Crippen LogP contribution in [0.5, 0.6) is 0 Å². The van der Waals surface area contributed by atoms with Gasteiger partial charge in [0.2, 0.25) is 0 Å². The van der Waals surface area contributed by atoms with Crippen LogP contribution in [0.25, 0.3) is 0 Å². The van der Waals surface area contributed by atoms with Gasteiger partial charge in [0.1, 0.15) is 6.10 Å². The molecule has 1 aliphatic carbocycles. The zero-order valence-corrected chi connectivity index (χ0v) is 13.0. The molecule has 2 amide bonds. The second kappa shape index (κ2) is 6.96. The molecule has 0 aromatic carbocycles. The molecule has 0 unspecified atom stereocenters. The number of allylic oxidation sites excluding steroid dienone is 1. The summed E-state index contributed by atoms with van der Waals surface area (Å²) in [5.74, 6) is 0. The van der Waals surface area contributed by atoms with Gasteiger partial charge < -0.3 is 19.9 Å². The minimum absolute atomic E-state index is 0.00104. The number of aromatic nitrogens is 2. The average molecular weight is 304 g/mol. The van der Waals surface area contributed by atoms with Crippen molar-refractivity contribution in [2.75, 3.05) is 6.61 Å². The lowest BCUT2D eigenvalue weighted by Crippen LogP contribution is -2.48. The quantitative estimate of drug-likeness (QED) is 0.840. The summed E-state index contributed by atoms with van der Waals surface area (Å²) in [6.07, 6.45) is 12.8. The van der Waals surface area contributed by atoms with Gasteiger partial charge in [-0.15, -0.1) is 0 Å². The number of imidazole rings is 1. The van der Waals surface area contributed by atoms with Crippen molar-refractivity contribution in [3.8, 4) is 0 Å². The van der Waals surface area contributed by atoms with Crippen molar-refractivity contribution in [1.82, 2.24) is 20.2 Å². The number of urea groups is 1. The fraction of sp³-hybridized carbons (Fsp3) is 0.625. The van der Waals surface area contributed by atoms with Crippen molar-refractivity contribution >= 4 is 6.03 Å². The fourth-order valence-corrected chi connectivity index (χ4v) is 3.14. The molecule has 3 rings (SSSR count). The molecule has 6 nitrogen and oxygen atoms in total. The van der Waals surface area contributed by atoms with Crippen molar-refractivity contribution in [3.63, 3.8) is 0 Å². The highest BCUT2D eigenvalue weighted by molar-refractivity contribution is 5.74. The first kappa shape index (κ1) is 15.1. The Labute approximate surface area is 130 Å². The molecule has 1 aromatic heterocycles. The first-order valence-corrected chi connectivity index (χ1v) is 8.04. The van der Waals surface area contributed by atoms with E-state index in [1.54, 1.807) is 6.33 Å². The smallest absolute Gasteiger partial charge is 0.315 e. The molecule has 2 N–H and O–H groups in total. The Morgan fingerprint density at radius 2 is 2.32 bits per heavy atom. The maximum absolute atomic E-state index is 12.1. The number of hydrogen-bond acceptors (Lipinski definition) is 3. The number of rotatable bonds is 3. The maximum Gasteiger partial charge on any atom is 0.315 e. The lowest BCUT2D eigenvalue weighted by atomic mass is 10.0. The van der Waals surface area contributed by atoms with E-state index in [0.29, 0.717) is 6.61 Å². The Hall–Kier alpha value is -1.82. The average Bonchev–Trinajstić information content (AvgIpc) is 2.94. The van der Waals surface area contributed by atoms with Gasteiger partial charge in [-0.25, -0.2) is 9.78 Å². The third-order valence-corrected chi connectivity index (χ3v) is 4.37. The van der Waals surface area contributed by atoms with Gasteiger partial charge in [0.25, 0.3) is 0 Å². The molecule has 0 bridgehead atoms. The zero-order valence-electron chi connectivity index (χ0n) is 13.0. The van der Waals surface area contributed by atoms with Crippen molar-refractivity contribution in [2.24, 2.45) is 7.05 Å². The monoisotopic (exact) mass is 304 g/mol. The standard InChI is InChI=1S/C16H24N4O2/c1-20-11-17-10-14(20)15-9-13(7-8-22-15)19-16(21)18-12-5-3-2-4-6-12/h3,5,10-13,15H,2,4,6-9H2,1H3,(H2,18,19,21)/t12-,13+,15+/m1/s1. The summed E-state index contributed by atoms with van der Waals surface area (Å²) in [6.45, 7) is 0.657. The molecule has 3 atom stereocenters. The third kappa shape index (κ3) is 3.68. The van der Waals surface area contributed by atoms with Gasteiger partial charge >= 0.3 is 6.03 Å². The van der Waals surface area contributed by atoms with E-state index in [0.717, 1.165) is 37.8 Å². The number of nitrogens with one attached hydrogen (secondary N) is 2. The summed E-state index contributed by atoms with van der Waals surface area (Å²) in [6, 6.07) is 0.231. The van der Waals surface area contributed by atoms with Gasteiger partial charge in [0, 0.05) is 25.7 Å². The van der Waals surface area contributed by atoms with Gasteiger partial charge in [-0.2, -0.15) is 0 Å². The predicted molar refractivity (Wildman–Crippen MR) is 83.4 cm³/mol. The SMILES string of the molecule is Cn1cncc1[C@@H]1C[C@@H](NC(=O)N[C@@H]2C=CCCC2)CCO1. The lowest BCUT2D eigenvalue weighted by Gasteiger charge is -2.30. The predicted octanol–water partition coefficient (Wildman–Crippen LogP) is 2.05. The van der Waals surface area contributed by atoms with Crippen molar-refractivity contribution < 1.29 is 9.53 Å². The van der Waals surface area contributed by atoms with Gasteiger partial charge in [0.15, 0.2) is 0 Å². The molecule has 0 saturated carbocycles. The molecular formula is C16H24N4O2. The largest absolute Gasteiger partial charge is 0.372 e. The topological polar surface area (TPSA) is 68.2 Å². The normalized spacial score (nSPS) is 28.3. The van der Waals surface area contributed by atoms with Crippen LogP contribution < -0.4 is 10.6 Å². The molecule has 22 heavy (non-hydrogen) atoms. The lowest BCUT2D eigenvalue weighted by molar-refractivity contribution is -0.00180. The molecule has 1 saturated heterocycles. The molecule has 0 radical (unpaired) electrons. The summed E-state index contributed by atoms with van der Waals surface area (Å²) in [7, 11) is 1.96. The third-order valence-electron chi connectivity index (χ3n) is 4.37. The first-order valence-electron chi connectivity index (χ1n) is 8.04. The molecule has 2 heterocycles. The van der Waals surface area contributed by atoms with Crippen LogP contribution in [-0.2, 0) is 11.8 Å². The minimum atomic E-state index is -0.0767. The number of hydrogen-bond donors (Lipinski definition) is 2. The summed E-state index contributed by atoms with van der Waals surface area (Å²) >= 11 is 0. The maximum atomic E-state index is 12.1. The Bertz CT molecular complexity index is 540. The molecule has 1 aliphatic heterocycles. The van der Waals surface area contributed by atoms with Crippen LogP contribution in [0, 0.1) is 0 Å². The molecular weight excluding hydrogens is 280 g/mol. The second-order valence-corrected chi connectivity index (χ2v) is 6.09. The van der Waals surface area contributed by atoms with E-state index < -0.39 is 0 Å². The minimum Gasteiger partial charge on any atom is -0.372 e. The van der Waals surface area contributed by atoms with E-state index in [4.69, 9.17) is 4.74 Å². The number of carbonyl (C=O) groups is 1. The van der Waals surface area contributed by atoms with Gasteiger partial charge in [-0.05, 0) is 32.1 Å². The Morgan fingerprint density at radius 1 is 1.41 bits per heavy atom. The number of amides is 2. The fourth-order valence-electron chi connectivity index (χ4n) is 3.14. The summed E-state index contributed by atoms with van der Waals surface area (Å²) < 4.78 is 7.79. The summed E-state index contributed by atoms with van der Waals surface area (Å²) in [5.41, 5.74) is 1.06. The van der Waals surface area contributed by atoms with Crippen LogP contribution >= 0.6 is 0 Å². The second-order valence-electron chi connectivity index (χ2n) is 6.09. The highest BCUT2D eigenvalue weighted by Gasteiger charge is 2.27. The van der Waals surface area contributed by atoms with Gasteiger partial charge in [-0.1, -0.05) is 12.2 Å². The Kier molecular flexibility index (Phi) is 4.77. The van der Waals surface area contributed by atoms with Gasteiger partial charge in [0.05, 0.1) is 18.2 Å². The Balaban J connectivity index is 1.51. The summed E-state index contributed by atoms with van der Waals surface area (Å²) in [5, 5.41) is 6.12. The molecule has 1 fully saturated rings. The van der Waals surface area contributed by atoms with E-state index in [-0.39, 0.29) is 24.2 Å². The molecule has 120 valence electrons. The van der Waals surface area contributed by atoms with E-state index in [2.05, 4.69) is 27.8 Å². The van der Waals surface area contributed by atoms with Crippen molar-refractivity contribution in [3.05, 3.63) is 30.4 Å². The van der Waals surface area contributed by atoms with Crippen LogP contribution in [0.3, 0.4) is 0 Å². The molecule has 6 heteroatoms. The molecule has 2 aliphatic rings. The van der Waals surface area contributed by atoms with Crippen LogP contribution in [0.2, 0.25) is 0 Å². The Morgan fingerprint density at radius 3 is 3.05 bits per heavy atom. The zero-order chi connectivity index (χ0) is 15.4. The van der Waals surface area contributed by atoms with E-state index in [1.165, 1.54) is 0 Å². The van der Waals surface area contributed by atoms with Crippen LogP contribution in [-0.4, -0.2) is 34.3 Å². The van der Waals surface area contributed by atoms with E-state index in [1.807, 2.05) is 17.8 Å². The molecule has 1 aromatic rings. The highest BCUT2D eigenvalue weighted by atomic mass is 16.5. The van der Waals surface area contributed by atoms with E-state index >= 15 is 0 Å². The number of aryl methyl sites for hydroxylation is 1. The van der Waals surface area contributed by atoms with Crippen LogP contribution in [0.4, 0.5) is 4.79 Å². The van der Waals surface area contributed by atoms with Crippen LogP contribution in [0.15, 0.2) is 24.7 Å². The number of carbonyl (C=O) groups excluding carboxylic acids is 1. The van der Waals surface area contributed by atoms with Crippen molar-refractivity contribution in [1.29, 1.82) is 0 Å². The first-order chi connectivity index (χ1) is 10.7. The molecule has 0 spiro atoms.